The number of carbonyl (C=O) groups is 3. The molecule has 1 fully saturated rings. The van der Waals surface area contributed by atoms with Gasteiger partial charge in [0.1, 0.15) is 19.8 Å². The number of piperidine rings is 1. The van der Waals surface area contributed by atoms with Gasteiger partial charge < -0.3 is 33.3 Å². The van der Waals surface area contributed by atoms with Crippen LogP contribution in [0.1, 0.15) is 195 Å². The Kier molecular flexibility index (Phi) is 40.8. The smallest absolute Gasteiger partial charge is 0.465 e. The van der Waals surface area contributed by atoms with Crippen molar-refractivity contribution in [1.82, 2.24) is 4.90 Å². The Morgan fingerprint density at radius 3 is 1.63 bits per heavy atom. The molecule has 0 aromatic heterocycles. The van der Waals surface area contributed by atoms with E-state index in [-0.39, 0.29) is 38.1 Å². The van der Waals surface area contributed by atoms with Crippen molar-refractivity contribution < 1.29 is 42.8 Å². The third-order valence-corrected chi connectivity index (χ3v) is 11.3. The summed E-state index contributed by atoms with van der Waals surface area (Å²) in [5.74, 6) is -0.992. The Morgan fingerprint density at radius 2 is 1.05 bits per heavy atom. The second-order valence-electron chi connectivity index (χ2n) is 17.3. The van der Waals surface area contributed by atoms with Gasteiger partial charge in [0.25, 0.3) is 0 Å². The highest BCUT2D eigenvalue weighted by Gasteiger charge is 2.22. The second kappa shape index (κ2) is 44.3. The summed E-state index contributed by atoms with van der Waals surface area (Å²) < 4.78 is 34.2. The van der Waals surface area contributed by atoms with Gasteiger partial charge in [-0.05, 0) is 90.1 Å². The lowest BCUT2D eigenvalue weighted by Gasteiger charge is -2.31. The monoisotopic (exact) mass is 888 g/mol. The van der Waals surface area contributed by atoms with E-state index < -0.39 is 24.3 Å². The molecule has 1 rings (SSSR count). The number of nitrogens with zero attached hydrogens (tertiary/aromatic N) is 1. The van der Waals surface area contributed by atoms with E-state index in [2.05, 4.69) is 69.1 Å². The molecule has 10 heteroatoms. The molecule has 1 aliphatic rings. The fourth-order valence-electron chi connectivity index (χ4n) is 7.30. The van der Waals surface area contributed by atoms with E-state index in [0.29, 0.717) is 32.7 Å². The predicted molar refractivity (Wildman–Crippen MR) is 258 cm³/mol. The van der Waals surface area contributed by atoms with Crippen molar-refractivity contribution in [2.24, 2.45) is 11.8 Å². The van der Waals surface area contributed by atoms with Gasteiger partial charge in [-0.15, -0.1) is 0 Å². The first-order valence-corrected chi connectivity index (χ1v) is 25.6. The van der Waals surface area contributed by atoms with Crippen LogP contribution in [0.25, 0.3) is 0 Å². The zero-order chi connectivity index (χ0) is 45.7. The average Bonchev–Trinajstić information content (AvgIpc) is 3.29. The molecule has 0 aromatic rings. The van der Waals surface area contributed by atoms with Crippen LogP contribution in [0.15, 0.2) is 48.6 Å². The fourth-order valence-corrected chi connectivity index (χ4v) is 7.30. The zero-order valence-electron chi connectivity index (χ0n) is 40.7. The molecule has 1 aliphatic heterocycles. The molecule has 0 amide bonds. The van der Waals surface area contributed by atoms with E-state index >= 15 is 0 Å². The highest BCUT2D eigenvalue weighted by molar-refractivity contribution is 5.69. The SMILES string of the molecule is CCCCC/C=C\C/C=C\CCCCCCCC(=O)OCC(COC(=O)CCC(OC/C=C/CCCCCC)OC/C=C/CCCCCC)COC(=O)OCC1CCCN(CC)C1. The summed E-state index contributed by atoms with van der Waals surface area (Å²) in [5.41, 5.74) is 0. The van der Waals surface area contributed by atoms with Gasteiger partial charge in [0.2, 0.25) is 0 Å². The van der Waals surface area contributed by atoms with Crippen LogP contribution in [0.2, 0.25) is 0 Å². The van der Waals surface area contributed by atoms with Crippen molar-refractivity contribution in [2.45, 2.75) is 201 Å². The van der Waals surface area contributed by atoms with E-state index in [1.165, 1.54) is 77.0 Å². The first kappa shape index (κ1) is 58.1. The number of hydrogen-bond donors (Lipinski definition) is 0. The summed E-state index contributed by atoms with van der Waals surface area (Å²) in [6.45, 7) is 12.7. The molecule has 0 aliphatic carbocycles. The van der Waals surface area contributed by atoms with Crippen molar-refractivity contribution in [3.05, 3.63) is 48.6 Å². The molecule has 0 bridgehead atoms. The van der Waals surface area contributed by atoms with E-state index in [1.807, 2.05) is 12.2 Å². The molecule has 63 heavy (non-hydrogen) atoms. The van der Waals surface area contributed by atoms with Crippen molar-refractivity contribution >= 4 is 18.1 Å². The summed E-state index contributed by atoms with van der Waals surface area (Å²) in [6, 6.07) is 0. The van der Waals surface area contributed by atoms with E-state index in [4.69, 9.17) is 28.4 Å². The number of allylic oxidation sites excluding steroid dienone is 6. The van der Waals surface area contributed by atoms with Gasteiger partial charge in [0.15, 0.2) is 6.29 Å². The summed E-state index contributed by atoms with van der Waals surface area (Å²) in [7, 11) is 0. The predicted octanol–water partition coefficient (Wildman–Crippen LogP) is 13.6. The Morgan fingerprint density at radius 1 is 0.556 bits per heavy atom. The maximum absolute atomic E-state index is 13.0. The Bertz CT molecular complexity index is 1170. The molecule has 1 saturated heterocycles. The molecular weight excluding hydrogens is 795 g/mol. The zero-order valence-corrected chi connectivity index (χ0v) is 40.7. The van der Waals surface area contributed by atoms with Crippen LogP contribution in [-0.2, 0) is 38.0 Å². The number of ether oxygens (including phenoxy) is 6. The van der Waals surface area contributed by atoms with Crippen molar-refractivity contribution in [1.29, 1.82) is 0 Å². The molecule has 2 unspecified atom stereocenters. The van der Waals surface area contributed by atoms with Crippen LogP contribution < -0.4 is 0 Å². The first-order chi connectivity index (χ1) is 30.9. The van der Waals surface area contributed by atoms with Gasteiger partial charge in [-0.3, -0.25) is 9.59 Å². The molecule has 0 N–H and O–H groups in total. The molecule has 2 atom stereocenters. The minimum Gasteiger partial charge on any atom is -0.465 e. The second-order valence-corrected chi connectivity index (χ2v) is 17.3. The summed E-state index contributed by atoms with van der Waals surface area (Å²) in [6.07, 6.45) is 42.9. The lowest BCUT2D eigenvalue weighted by atomic mass is 9.99. The molecule has 0 radical (unpaired) electrons. The number of unbranched alkanes of at least 4 members (excludes halogenated alkanes) is 16. The maximum Gasteiger partial charge on any atom is 0.508 e. The largest absolute Gasteiger partial charge is 0.508 e. The highest BCUT2D eigenvalue weighted by Crippen LogP contribution is 2.17. The van der Waals surface area contributed by atoms with Gasteiger partial charge >= 0.3 is 18.1 Å². The number of likely N-dealkylation sites (tertiary alicyclic amines) is 1. The van der Waals surface area contributed by atoms with E-state index in [9.17, 15) is 14.4 Å². The number of carbonyl (C=O) groups excluding carboxylic acids is 3. The molecule has 0 saturated carbocycles. The third-order valence-electron chi connectivity index (χ3n) is 11.3. The lowest BCUT2D eigenvalue weighted by molar-refractivity contribution is -0.156. The summed E-state index contributed by atoms with van der Waals surface area (Å²) in [4.78, 5) is 40.7. The molecular formula is C53H93NO9. The topological polar surface area (TPSA) is 110 Å². The van der Waals surface area contributed by atoms with Crippen molar-refractivity contribution in [3.8, 4) is 0 Å². The van der Waals surface area contributed by atoms with E-state index in [0.717, 1.165) is 90.3 Å². The quantitative estimate of drug-likeness (QED) is 0.0193. The normalized spacial score (nSPS) is 15.3. The Labute approximate surface area is 385 Å². The molecule has 10 nitrogen and oxygen atoms in total. The van der Waals surface area contributed by atoms with Crippen LogP contribution in [0.4, 0.5) is 4.79 Å². The third kappa shape index (κ3) is 38.1. The van der Waals surface area contributed by atoms with Gasteiger partial charge in [0, 0.05) is 25.3 Å². The van der Waals surface area contributed by atoms with Crippen LogP contribution in [0, 0.1) is 11.8 Å². The summed E-state index contributed by atoms with van der Waals surface area (Å²) >= 11 is 0. The molecule has 0 spiro atoms. The van der Waals surface area contributed by atoms with E-state index in [1.54, 1.807) is 0 Å². The van der Waals surface area contributed by atoms with Gasteiger partial charge in [0.05, 0.1) is 32.2 Å². The number of esters is 2. The molecule has 0 aromatic carbocycles. The Balaban J connectivity index is 2.60. The number of hydrogen-bond acceptors (Lipinski definition) is 10. The van der Waals surface area contributed by atoms with Crippen molar-refractivity contribution in [2.75, 3.05) is 59.3 Å². The fraction of sp³-hybridized carbons (Fsp3) is 0.792. The molecule has 364 valence electrons. The van der Waals surface area contributed by atoms with Crippen LogP contribution in [0.5, 0.6) is 0 Å². The summed E-state index contributed by atoms with van der Waals surface area (Å²) in [5, 5.41) is 0. The minimum absolute atomic E-state index is 0.0296. The Hall–Kier alpha value is -2.95. The first-order valence-electron chi connectivity index (χ1n) is 25.6. The molecule has 1 heterocycles. The number of rotatable bonds is 42. The minimum atomic E-state index is -0.765. The van der Waals surface area contributed by atoms with Gasteiger partial charge in [-0.25, -0.2) is 4.79 Å². The maximum atomic E-state index is 13.0. The van der Waals surface area contributed by atoms with Crippen LogP contribution in [-0.4, -0.2) is 88.6 Å². The van der Waals surface area contributed by atoms with Crippen LogP contribution in [0.3, 0.4) is 0 Å². The average molecular weight is 888 g/mol. The highest BCUT2D eigenvalue weighted by atomic mass is 16.7. The van der Waals surface area contributed by atoms with Gasteiger partial charge in [-0.1, -0.05) is 147 Å². The van der Waals surface area contributed by atoms with Crippen molar-refractivity contribution in [3.63, 3.8) is 0 Å². The standard InChI is InChI=1S/C53H93NO9/c1-5-9-12-15-18-19-20-21-22-23-24-25-26-29-32-37-50(55)60-45-49(47-63-53(57)62-44-48-36-35-40-54(8-4)43-48)46-61-51(56)38-39-52(58-41-33-30-27-16-13-10-6-2)59-42-34-31-28-17-14-11-7-3/h18-19,21-22,30-31,33-34,48-49,52H,5-17,20,23-29,32,35-47H2,1-4H3/b19-18-,22-21-,33-30+,34-31+. The van der Waals surface area contributed by atoms with Gasteiger partial charge in [-0.2, -0.15) is 0 Å². The lowest BCUT2D eigenvalue weighted by Crippen LogP contribution is -2.37. The van der Waals surface area contributed by atoms with Crippen LogP contribution >= 0.6 is 0 Å².